The summed E-state index contributed by atoms with van der Waals surface area (Å²) in [5.74, 6) is 1.04. The van der Waals surface area contributed by atoms with Gasteiger partial charge < -0.3 is 18.6 Å². The highest BCUT2D eigenvalue weighted by Gasteiger charge is 2.51. The van der Waals surface area contributed by atoms with Crippen LogP contribution in [-0.4, -0.2) is 9.97 Å². The molecule has 6 heteroatoms. The van der Waals surface area contributed by atoms with E-state index in [1.807, 2.05) is 0 Å². The average molecular weight is 1020 g/mol. The lowest BCUT2D eigenvalue weighted by atomic mass is 9.67. The molecule has 374 valence electrons. The topological polar surface area (TPSA) is 58.5 Å². The molecule has 0 bridgehead atoms. The standard InChI is InChI=1S/C73H50N4O2/c1-47-23-19-37-55(43-47)76(53-33-11-5-12-34-53)63-45-61-65(69-67(63)74-71(78-69)59-41-21-27-49-25-15-17-39-57(49)59)66-62(73(61,51-29-7-3-8-30-51)52-31-9-4-10-32-52)46-64(77(54-35-13-6-14-36-54)56-38-20-24-48(2)44-56)68-70(66)79-72(75-68)60-42-22-28-50-26-16-18-40-58(50)60/h3-46H,1-2H3. The van der Waals surface area contributed by atoms with Gasteiger partial charge in [-0.25, -0.2) is 9.97 Å². The van der Waals surface area contributed by atoms with E-state index in [9.17, 15) is 0 Å². The first-order valence-corrected chi connectivity index (χ1v) is 26.9. The van der Waals surface area contributed by atoms with Crippen LogP contribution in [0.1, 0.15) is 33.4 Å². The van der Waals surface area contributed by atoms with Crippen LogP contribution in [-0.2, 0) is 5.41 Å². The van der Waals surface area contributed by atoms with Gasteiger partial charge in [0.2, 0.25) is 11.8 Å². The van der Waals surface area contributed by atoms with Gasteiger partial charge in [-0.15, -0.1) is 0 Å². The lowest BCUT2D eigenvalue weighted by Crippen LogP contribution is -2.29. The van der Waals surface area contributed by atoms with Crippen molar-refractivity contribution in [3.8, 4) is 34.0 Å². The molecule has 14 aromatic rings. The number of para-hydroxylation sites is 2. The molecule has 1 aliphatic rings. The minimum absolute atomic E-state index is 0.522. The van der Waals surface area contributed by atoms with E-state index in [1.54, 1.807) is 0 Å². The number of anilines is 6. The zero-order valence-corrected chi connectivity index (χ0v) is 43.5. The molecule has 0 unspecified atom stereocenters. The molecule has 0 fully saturated rings. The number of aromatic nitrogens is 2. The van der Waals surface area contributed by atoms with Gasteiger partial charge in [-0.3, -0.25) is 0 Å². The van der Waals surface area contributed by atoms with Gasteiger partial charge in [-0.2, -0.15) is 0 Å². The van der Waals surface area contributed by atoms with Crippen molar-refractivity contribution in [1.82, 2.24) is 9.97 Å². The highest BCUT2D eigenvalue weighted by atomic mass is 16.4. The first kappa shape index (κ1) is 46.0. The van der Waals surface area contributed by atoms with E-state index in [0.29, 0.717) is 34.0 Å². The Bertz CT molecular complexity index is 4340. The molecule has 0 saturated carbocycles. The van der Waals surface area contributed by atoms with Crippen molar-refractivity contribution in [1.29, 1.82) is 0 Å². The van der Waals surface area contributed by atoms with Crippen molar-refractivity contribution >= 4 is 77.9 Å². The number of nitrogens with zero attached hydrogens (tertiary/aromatic N) is 4. The van der Waals surface area contributed by atoms with Crippen LogP contribution in [0.2, 0.25) is 0 Å². The van der Waals surface area contributed by atoms with Gasteiger partial charge in [0.15, 0.2) is 11.2 Å². The highest BCUT2D eigenvalue weighted by Crippen LogP contribution is 2.63. The van der Waals surface area contributed by atoms with E-state index in [1.165, 1.54) is 0 Å². The minimum atomic E-state index is -0.970. The molecule has 0 atom stereocenters. The Balaban J connectivity index is 1.16. The summed E-state index contributed by atoms with van der Waals surface area (Å²) < 4.78 is 15.3. The number of fused-ring (bicyclic) bond motifs is 9. The molecule has 1 aliphatic carbocycles. The van der Waals surface area contributed by atoms with Crippen molar-refractivity contribution in [2.24, 2.45) is 0 Å². The largest absolute Gasteiger partial charge is 0.435 e. The molecule has 15 rings (SSSR count). The van der Waals surface area contributed by atoms with Crippen LogP contribution in [0.3, 0.4) is 0 Å². The molecular formula is C73H50N4O2. The summed E-state index contributed by atoms with van der Waals surface area (Å²) in [5.41, 5.74) is 17.6. The van der Waals surface area contributed by atoms with Gasteiger partial charge >= 0.3 is 0 Å². The molecular weight excluding hydrogens is 965 g/mol. The fourth-order valence-electron chi connectivity index (χ4n) is 12.5. The molecule has 0 spiro atoms. The fraction of sp³-hybridized carbons (Fsp3) is 0.0411. The second-order valence-electron chi connectivity index (χ2n) is 20.6. The molecule has 0 amide bonds. The van der Waals surface area contributed by atoms with E-state index in [-0.39, 0.29) is 0 Å². The monoisotopic (exact) mass is 1010 g/mol. The first-order valence-electron chi connectivity index (χ1n) is 26.9. The number of hydrogen-bond donors (Lipinski definition) is 0. The van der Waals surface area contributed by atoms with Crippen molar-refractivity contribution < 1.29 is 8.83 Å². The Hall–Kier alpha value is -10.3. The van der Waals surface area contributed by atoms with E-state index >= 15 is 0 Å². The molecule has 0 N–H and O–H groups in total. The summed E-state index contributed by atoms with van der Waals surface area (Å²) in [5, 5.41) is 4.31. The average Bonchev–Trinajstić information content (AvgIpc) is 2.53. The van der Waals surface area contributed by atoms with E-state index in [2.05, 4.69) is 291 Å². The van der Waals surface area contributed by atoms with Gasteiger partial charge in [0.05, 0.1) is 16.8 Å². The number of rotatable bonds is 10. The quantitative estimate of drug-likeness (QED) is 0.136. The lowest BCUT2D eigenvalue weighted by Gasteiger charge is -2.35. The predicted molar refractivity (Wildman–Crippen MR) is 324 cm³/mol. The third-order valence-corrected chi connectivity index (χ3v) is 15.8. The number of aryl methyl sites for hydroxylation is 2. The van der Waals surface area contributed by atoms with E-state index in [0.717, 1.165) is 111 Å². The molecule has 2 aromatic heterocycles. The summed E-state index contributed by atoms with van der Waals surface area (Å²) in [6.45, 7) is 4.29. The van der Waals surface area contributed by atoms with Crippen LogP contribution >= 0.6 is 0 Å². The fourth-order valence-corrected chi connectivity index (χ4v) is 12.5. The Morgan fingerprint density at radius 3 is 1.11 bits per heavy atom. The second-order valence-corrected chi connectivity index (χ2v) is 20.6. The zero-order chi connectivity index (χ0) is 52.6. The minimum Gasteiger partial charge on any atom is -0.435 e. The van der Waals surface area contributed by atoms with Crippen LogP contribution in [0.4, 0.5) is 34.1 Å². The zero-order valence-electron chi connectivity index (χ0n) is 43.5. The third-order valence-electron chi connectivity index (χ3n) is 15.8. The summed E-state index contributed by atoms with van der Waals surface area (Å²) >= 11 is 0. The maximum Gasteiger partial charge on any atom is 0.228 e. The van der Waals surface area contributed by atoms with Crippen LogP contribution in [0.15, 0.2) is 276 Å². The summed E-state index contributed by atoms with van der Waals surface area (Å²) in [7, 11) is 0. The van der Waals surface area contributed by atoms with Crippen molar-refractivity contribution in [2.45, 2.75) is 19.3 Å². The molecule has 6 nitrogen and oxygen atoms in total. The Morgan fingerprint density at radius 2 is 0.696 bits per heavy atom. The van der Waals surface area contributed by atoms with Crippen molar-refractivity contribution in [3.63, 3.8) is 0 Å². The van der Waals surface area contributed by atoms with Gasteiger partial charge in [0.25, 0.3) is 0 Å². The Morgan fingerprint density at radius 1 is 0.342 bits per heavy atom. The summed E-state index contributed by atoms with van der Waals surface area (Å²) in [6, 6.07) is 95.0. The molecule has 2 heterocycles. The maximum absolute atomic E-state index is 7.63. The van der Waals surface area contributed by atoms with Crippen LogP contribution in [0.5, 0.6) is 0 Å². The summed E-state index contributed by atoms with van der Waals surface area (Å²) in [6.07, 6.45) is 0. The Kier molecular flexibility index (Phi) is 10.8. The lowest BCUT2D eigenvalue weighted by molar-refractivity contribution is 0.617. The second kappa shape index (κ2) is 18.5. The third kappa shape index (κ3) is 7.33. The molecule has 79 heavy (non-hydrogen) atoms. The van der Waals surface area contributed by atoms with Gasteiger partial charge in [-0.05, 0) is 142 Å². The van der Waals surface area contributed by atoms with Crippen LogP contribution < -0.4 is 9.80 Å². The SMILES string of the molecule is Cc1cccc(N(c2ccccc2)c2cc3c(c4oc(-c5cccc6ccccc56)nc24)-c2c(cc(N(c4ccccc4)c4cccc(C)c4)c4nc(-c5cccc6ccccc56)oc24)C3(c2ccccc2)c2ccccc2)c1. The Labute approximate surface area is 457 Å². The highest BCUT2D eigenvalue weighted by molar-refractivity contribution is 6.15. The van der Waals surface area contributed by atoms with Crippen molar-refractivity contribution in [3.05, 3.63) is 300 Å². The maximum atomic E-state index is 7.63. The molecule has 0 radical (unpaired) electrons. The predicted octanol–water partition coefficient (Wildman–Crippen LogP) is 19.5. The molecule has 12 aromatic carbocycles. The van der Waals surface area contributed by atoms with E-state index < -0.39 is 5.41 Å². The normalized spacial score (nSPS) is 12.5. The van der Waals surface area contributed by atoms with Gasteiger partial charge in [-0.1, -0.05) is 194 Å². The van der Waals surface area contributed by atoms with Gasteiger partial charge in [0, 0.05) is 45.0 Å². The molecule has 0 saturated heterocycles. The van der Waals surface area contributed by atoms with Crippen LogP contribution in [0.25, 0.3) is 77.8 Å². The van der Waals surface area contributed by atoms with Crippen molar-refractivity contribution in [2.75, 3.05) is 9.80 Å². The molecule has 0 aliphatic heterocycles. The van der Waals surface area contributed by atoms with Crippen LogP contribution in [0, 0.1) is 13.8 Å². The summed E-state index contributed by atoms with van der Waals surface area (Å²) in [4.78, 5) is 16.1. The van der Waals surface area contributed by atoms with E-state index in [4.69, 9.17) is 18.8 Å². The first-order chi connectivity index (χ1) is 39.0. The smallest absolute Gasteiger partial charge is 0.228 e. The number of oxazole rings is 2. The van der Waals surface area contributed by atoms with Gasteiger partial charge in [0.1, 0.15) is 11.0 Å². The number of benzene rings is 12. The number of hydrogen-bond acceptors (Lipinski definition) is 6.